The SMILES string of the molecule is CC(C)[Si](OOC(CO)C(O[Si](C)(C)C)C1CCCCC1)(C(C)C)C(C)C. The summed E-state index contributed by atoms with van der Waals surface area (Å²) in [4.78, 5) is 6.11. The number of aliphatic hydroxyl groups is 1. The van der Waals surface area contributed by atoms with E-state index in [1.54, 1.807) is 0 Å². The Morgan fingerprint density at radius 2 is 1.33 bits per heavy atom. The Morgan fingerprint density at radius 1 is 0.852 bits per heavy atom. The average Bonchev–Trinajstić information content (AvgIpc) is 2.56. The summed E-state index contributed by atoms with van der Waals surface area (Å²) < 4.78 is 12.9. The largest absolute Gasteiger partial charge is 0.412 e. The van der Waals surface area contributed by atoms with E-state index >= 15 is 0 Å². The molecule has 1 fully saturated rings. The van der Waals surface area contributed by atoms with Crippen molar-refractivity contribution in [3.05, 3.63) is 0 Å². The van der Waals surface area contributed by atoms with Gasteiger partial charge in [-0.1, -0.05) is 60.8 Å². The molecule has 1 aliphatic carbocycles. The van der Waals surface area contributed by atoms with Gasteiger partial charge >= 0.3 is 0 Å². The molecule has 0 amide bonds. The van der Waals surface area contributed by atoms with Crippen molar-refractivity contribution in [3.63, 3.8) is 0 Å². The summed E-state index contributed by atoms with van der Waals surface area (Å²) in [6.07, 6.45) is 5.66. The van der Waals surface area contributed by atoms with E-state index in [4.69, 9.17) is 13.9 Å². The van der Waals surface area contributed by atoms with E-state index in [0.29, 0.717) is 22.5 Å². The summed E-state index contributed by atoms with van der Waals surface area (Å²) in [5, 5.41) is 10.2. The van der Waals surface area contributed by atoms with Gasteiger partial charge in [-0.25, -0.2) is 4.89 Å². The highest BCUT2D eigenvalue weighted by Crippen LogP contribution is 2.43. The molecule has 2 unspecified atom stereocenters. The Bertz CT molecular complexity index is 393. The minimum absolute atomic E-state index is 0.0512. The normalized spacial score (nSPS) is 19.9. The maximum absolute atomic E-state index is 10.2. The molecular formula is C21H46O4Si2. The molecule has 6 heteroatoms. The molecule has 0 radical (unpaired) electrons. The molecule has 0 aromatic rings. The highest BCUT2D eigenvalue weighted by Gasteiger charge is 2.48. The monoisotopic (exact) mass is 418 g/mol. The molecule has 0 saturated heterocycles. The van der Waals surface area contributed by atoms with Gasteiger partial charge in [0.25, 0.3) is 0 Å². The second-order valence-electron chi connectivity index (χ2n) is 10.3. The predicted molar refractivity (Wildman–Crippen MR) is 119 cm³/mol. The lowest BCUT2D eigenvalue weighted by Gasteiger charge is -2.43. The second kappa shape index (κ2) is 10.9. The molecule has 0 aromatic carbocycles. The molecular weight excluding hydrogens is 372 g/mol. The first-order valence-corrected chi connectivity index (χ1v) is 16.6. The van der Waals surface area contributed by atoms with E-state index in [0.717, 1.165) is 12.8 Å². The quantitative estimate of drug-likeness (QED) is 0.244. The zero-order chi connectivity index (χ0) is 20.8. The minimum atomic E-state index is -2.14. The minimum Gasteiger partial charge on any atom is -0.412 e. The van der Waals surface area contributed by atoms with Crippen LogP contribution in [0.15, 0.2) is 0 Å². The van der Waals surface area contributed by atoms with Crippen LogP contribution in [-0.4, -0.2) is 40.6 Å². The fourth-order valence-electron chi connectivity index (χ4n) is 4.97. The molecule has 2 atom stereocenters. The first-order chi connectivity index (χ1) is 12.5. The van der Waals surface area contributed by atoms with Crippen LogP contribution in [0.3, 0.4) is 0 Å². The summed E-state index contributed by atoms with van der Waals surface area (Å²) >= 11 is 0. The van der Waals surface area contributed by atoms with Crippen molar-refractivity contribution in [1.29, 1.82) is 0 Å². The Kier molecular flexibility index (Phi) is 10.2. The molecule has 1 N–H and O–H groups in total. The second-order valence-corrected chi connectivity index (χ2v) is 20.1. The molecule has 0 aromatic heterocycles. The Labute approximate surface area is 170 Å². The van der Waals surface area contributed by atoms with Crippen LogP contribution in [0.1, 0.15) is 73.6 Å². The third-order valence-corrected chi connectivity index (χ3v) is 13.0. The standard InChI is InChI=1S/C21H46O4Si2/c1-16(2)27(17(3)4,18(5)6)25-23-20(15-22)21(24-26(7,8)9)19-13-11-10-12-14-19/h16-22H,10-15H2,1-9H3. The van der Waals surface area contributed by atoms with Crippen molar-refractivity contribution in [3.8, 4) is 0 Å². The fraction of sp³-hybridized carbons (Fsp3) is 1.00. The third kappa shape index (κ3) is 6.93. The van der Waals surface area contributed by atoms with Gasteiger partial charge in [0.2, 0.25) is 8.32 Å². The van der Waals surface area contributed by atoms with Gasteiger partial charge in [0.15, 0.2) is 8.32 Å². The average molecular weight is 419 g/mol. The summed E-state index contributed by atoms with van der Waals surface area (Å²) in [5.41, 5.74) is 1.34. The molecule has 162 valence electrons. The first-order valence-electron chi connectivity index (χ1n) is 11.1. The number of hydrogen-bond acceptors (Lipinski definition) is 4. The van der Waals surface area contributed by atoms with E-state index in [1.807, 2.05) is 0 Å². The molecule has 0 spiro atoms. The fourth-order valence-corrected chi connectivity index (χ4v) is 11.0. The number of hydrogen-bond donors (Lipinski definition) is 1. The van der Waals surface area contributed by atoms with Crippen LogP contribution in [0.2, 0.25) is 36.3 Å². The van der Waals surface area contributed by atoms with Crippen LogP contribution in [0.5, 0.6) is 0 Å². The maximum atomic E-state index is 10.2. The molecule has 1 aliphatic rings. The van der Waals surface area contributed by atoms with Crippen molar-refractivity contribution in [2.75, 3.05) is 6.61 Å². The Hall–Kier alpha value is 0.274. The molecule has 4 nitrogen and oxygen atoms in total. The van der Waals surface area contributed by atoms with Crippen molar-refractivity contribution >= 4 is 16.6 Å². The van der Waals surface area contributed by atoms with Gasteiger partial charge < -0.3 is 9.53 Å². The van der Waals surface area contributed by atoms with Crippen LogP contribution in [0.4, 0.5) is 0 Å². The summed E-state index contributed by atoms with van der Waals surface area (Å²) in [6.45, 7) is 20.1. The van der Waals surface area contributed by atoms with Crippen molar-refractivity contribution < 1.29 is 19.0 Å². The van der Waals surface area contributed by atoms with E-state index in [1.165, 1.54) is 19.3 Å². The molecule has 27 heavy (non-hydrogen) atoms. The zero-order valence-electron chi connectivity index (χ0n) is 19.4. The summed E-state index contributed by atoms with van der Waals surface area (Å²) in [6, 6.07) is 0. The van der Waals surface area contributed by atoms with Gasteiger partial charge in [-0.2, -0.15) is 0 Å². The third-order valence-electron chi connectivity index (χ3n) is 6.17. The summed E-state index contributed by atoms with van der Waals surface area (Å²) in [5.74, 6) is 0.458. The topological polar surface area (TPSA) is 47.9 Å². The lowest BCUT2D eigenvalue weighted by atomic mass is 9.83. The van der Waals surface area contributed by atoms with Crippen LogP contribution in [0.25, 0.3) is 0 Å². The van der Waals surface area contributed by atoms with Crippen LogP contribution >= 0.6 is 0 Å². The van der Waals surface area contributed by atoms with Gasteiger partial charge in [0, 0.05) is 0 Å². The van der Waals surface area contributed by atoms with Crippen LogP contribution in [0, 0.1) is 5.92 Å². The van der Waals surface area contributed by atoms with Gasteiger partial charge in [0.1, 0.15) is 6.10 Å². The highest BCUT2D eigenvalue weighted by atomic mass is 28.4. The number of rotatable bonds is 11. The van der Waals surface area contributed by atoms with Crippen LogP contribution < -0.4 is 0 Å². The highest BCUT2D eigenvalue weighted by molar-refractivity contribution is 6.77. The first kappa shape index (κ1) is 25.3. The lowest BCUT2D eigenvalue weighted by molar-refractivity contribution is -0.289. The van der Waals surface area contributed by atoms with Gasteiger partial charge in [-0.15, -0.1) is 0 Å². The van der Waals surface area contributed by atoms with Crippen molar-refractivity contribution in [2.45, 2.75) is 122 Å². The van der Waals surface area contributed by atoms with Crippen molar-refractivity contribution in [2.24, 2.45) is 5.92 Å². The molecule has 0 bridgehead atoms. The zero-order valence-corrected chi connectivity index (χ0v) is 21.4. The van der Waals surface area contributed by atoms with E-state index in [9.17, 15) is 5.11 Å². The lowest BCUT2D eigenvalue weighted by Crippen LogP contribution is -2.52. The van der Waals surface area contributed by atoms with Gasteiger partial charge in [-0.05, 0) is 55.0 Å². The van der Waals surface area contributed by atoms with Crippen LogP contribution in [-0.2, 0) is 13.9 Å². The predicted octanol–water partition coefficient (Wildman–Crippen LogP) is 6.27. The Balaban J connectivity index is 3.01. The molecule has 0 heterocycles. The Morgan fingerprint density at radius 3 is 1.70 bits per heavy atom. The maximum Gasteiger partial charge on any atom is 0.246 e. The van der Waals surface area contributed by atoms with Gasteiger partial charge in [-0.3, -0.25) is 4.58 Å². The molecule has 0 aliphatic heterocycles. The van der Waals surface area contributed by atoms with E-state index in [2.05, 4.69) is 61.2 Å². The molecule has 1 saturated carbocycles. The van der Waals surface area contributed by atoms with Gasteiger partial charge in [0.05, 0.1) is 12.7 Å². The smallest absolute Gasteiger partial charge is 0.246 e. The summed E-state index contributed by atoms with van der Waals surface area (Å²) in [7, 11) is -3.90. The van der Waals surface area contributed by atoms with E-state index in [-0.39, 0.29) is 12.7 Å². The number of aliphatic hydroxyl groups excluding tert-OH is 1. The van der Waals surface area contributed by atoms with E-state index < -0.39 is 22.7 Å². The van der Waals surface area contributed by atoms with Crippen molar-refractivity contribution in [1.82, 2.24) is 0 Å². The molecule has 1 rings (SSSR count).